The maximum Gasteiger partial charge on any atom is 0.320 e. The molecular formula is C19H18N2O2. The maximum absolute atomic E-state index is 12.7. The Bertz CT molecular complexity index is 794. The van der Waals surface area contributed by atoms with Gasteiger partial charge in [0.2, 0.25) is 0 Å². The molecule has 23 heavy (non-hydrogen) atoms. The molecule has 1 unspecified atom stereocenters. The highest BCUT2D eigenvalue weighted by atomic mass is 16.2. The Morgan fingerprint density at radius 2 is 1.43 bits per heavy atom. The van der Waals surface area contributed by atoms with E-state index >= 15 is 0 Å². The quantitative estimate of drug-likeness (QED) is 0.844. The number of hydrogen-bond donors (Lipinski definition) is 2. The van der Waals surface area contributed by atoms with Crippen molar-refractivity contribution in [1.82, 2.24) is 10.6 Å². The molecule has 0 bridgehead atoms. The first-order chi connectivity index (χ1) is 11.3. The Morgan fingerprint density at radius 1 is 0.826 bits per heavy atom. The summed E-state index contributed by atoms with van der Waals surface area (Å²) in [6, 6.07) is 16.2. The lowest BCUT2D eigenvalue weighted by Gasteiger charge is -2.26. The zero-order chi connectivity index (χ0) is 16.4. The summed E-state index contributed by atoms with van der Waals surface area (Å²) in [5, 5.41) is 5.61. The lowest BCUT2D eigenvalue weighted by atomic mass is 9.94. The van der Waals surface area contributed by atoms with Crippen LogP contribution in [0, 0.1) is 0 Å². The number of Topliss-reactive ketones (excluding diaryl/α,β-unsaturated/α-hetero) is 1. The molecule has 4 rings (SSSR count). The van der Waals surface area contributed by atoms with Crippen molar-refractivity contribution >= 4 is 17.5 Å². The van der Waals surface area contributed by atoms with E-state index in [-0.39, 0.29) is 11.8 Å². The number of benzene rings is 2. The van der Waals surface area contributed by atoms with E-state index in [0.29, 0.717) is 16.8 Å². The van der Waals surface area contributed by atoms with Crippen molar-refractivity contribution in [2.24, 2.45) is 0 Å². The van der Waals surface area contributed by atoms with Gasteiger partial charge in [-0.05, 0) is 5.56 Å². The molecule has 1 heterocycles. The second-order valence-corrected chi connectivity index (χ2v) is 5.11. The van der Waals surface area contributed by atoms with Crippen molar-refractivity contribution in [1.29, 1.82) is 0 Å². The van der Waals surface area contributed by atoms with Gasteiger partial charge in [-0.15, -0.1) is 0 Å². The number of rotatable bonds is 1. The van der Waals surface area contributed by atoms with Crippen LogP contribution in [0.2, 0.25) is 0 Å². The molecule has 2 N–H and O–H groups in total. The molecule has 1 atom stereocenters. The van der Waals surface area contributed by atoms with Gasteiger partial charge in [0.1, 0.15) is 0 Å². The molecule has 1 aliphatic heterocycles. The van der Waals surface area contributed by atoms with E-state index in [1.807, 2.05) is 62.4 Å². The maximum atomic E-state index is 12.7. The van der Waals surface area contributed by atoms with Gasteiger partial charge in [-0.25, -0.2) is 4.79 Å². The van der Waals surface area contributed by atoms with Crippen LogP contribution in [0.15, 0.2) is 60.2 Å². The van der Waals surface area contributed by atoms with Gasteiger partial charge in [0.05, 0.1) is 17.3 Å². The summed E-state index contributed by atoms with van der Waals surface area (Å²) in [6.45, 7) is 4.00. The highest BCUT2D eigenvalue weighted by Gasteiger charge is 2.39. The van der Waals surface area contributed by atoms with Crippen molar-refractivity contribution in [3.63, 3.8) is 0 Å². The Balaban J connectivity index is 0.000000753. The Morgan fingerprint density at radius 3 is 2.13 bits per heavy atom. The normalized spacial score (nSPS) is 18.3. The molecule has 0 aromatic heterocycles. The minimum Gasteiger partial charge on any atom is -0.327 e. The summed E-state index contributed by atoms with van der Waals surface area (Å²) in [7, 11) is 0. The average molecular weight is 306 g/mol. The van der Waals surface area contributed by atoms with Crippen LogP contribution in [0.3, 0.4) is 0 Å². The molecule has 0 radical (unpaired) electrons. The third-order valence-corrected chi connectivity index (χ3v) is 3.89. The SMILES string of the molecule is CC.O=C1NC2=C(C(=O)c3ccccc32)C(c2ccccc2)N1. The monoisotopic (exact) mass is 306 g/mol. The lowest BCUT2D eigenvalue weighted by Crippen LogP contribution is -2.43. The summed E-state index contributed by atoms with van der Waals surface area (Å²) in [4.78, 5) is 24.6. The van der Waals surface area contributed by atoms with Crippen LogP contribution in [0.25, 0.3) is 5.70 Å². The van der Waals surface area contributed by atoms with Crippen molar-refractivity contribution < 1.29 is 9.59 Å². The summed E-state index contributed by atoms with van der Waals surface area (Å²) < 4.78 is 0. The molecule has 1 aliphatic carbocycles. The molecule has 2 aliphatic rings. The molecule has 0 fully saturated rings. The summed E-state index contributed by atoms with van der Waals surface area (Å²) >= 11 is 0. The van der Waals surface area contributed by atoms with Crippen molar-refractivity contribution in [3.05, 3.63) is 76.9 Å². The van der Waals surface area contributed by atoms with Gasteiger partial charge in [0.15, 0.2) is 5.78 Å². The van der Waals surface area contributed by atoms with E-state index in [1.54, 1.807) is 6.07 Å². The predicted molar refractivity (Wildman–Crippen MR) is 89.9 cm³/mol. The van der Waals surface area contributed by atoms with Gasteiger partial charge in [0.25, 0.3) is 0 Å². The molecular weight excluding hydrogens is 288 g/mol. The number of hydrogen-bond acceptors (Lipinski definition) is 2. The summed E-state index contributed by atoms with van der Waals surface area (Å²) in [6.07, 6.45) is 0. The number of carbonyl (C=O) groups excluding carboxylic acids is 2. The topological polar surface area (TPSA) is 58.2 Å². The molecule has 116 valence electrons. The largest absolute Gasteiger partial charge is 0.327 e. The first-order valence-corrected chi connectivity index (χ1v) is 7.76. The first-order valence-electron chi connectivity index (χ1n) is 7.76. The fourth-order valence-corrected chi connectivity index (χ4v) is 2.96. The molecule has 0 saturated heterocycles. The minimum absolute atomic E-state index is 0.0260. The third kappa shape index (κ3) is 2.42. The fourth-order valence-electron chi connectivity index (χ4n) is 2.96. The average Bonchev–Trinajstić information content (AvgIpc) is 2.90. The van der Waals surface area contributed by atoms with Gasteiger partial charge in [0, 0.05) is 11.1 Å². The van der Waals surface area contributed by atoms with Crippen LogP contribution >= 0.6 is 0 Å². The molecule has 4 heteroatoms. The van der Waals surface area contributed by atoms with Gasteiger partial charge in [-0.2, -0.15) is 0 Å². The first kappa shape index (κ1) is 15.0. The molecule has 0 spiro atoms. The van der Waals surface area contributed by atoms with Crippen LogP contribution in [-0.4, -0.2) is 11.8 Å². The zero-order valence-corrected chi connectivity index (χ0v) is 13.1. The predicted octanol–water partition coefficient (Wildman–Crippen LogP) is 3.67. The van der Waals surface area contributed by atoms with E-state index in [1.165, 1.54) is 0 Å². The molecule has 2 aromatic rings. The molecule has 2 aromatic carbocycles. The van der Waals surface area contributed by atoms with Gasteiger partial charge < -0.3 is 10.6 Å². The van der Waals surface area contributed by atoms with Crippen molar-refractivity contribution in [3.8, 4) is 0 Å². The second-order valence-electron chi connectivity index (χ2n) is 5.11. The summed E-state index contributed by atoms with van der Waals surface area (Å²) in [5.74, 6) is -0.0260. The van der Waals surface area contributed by atoms with Gasteiger partial charge in [-0.1, -0.05) is 68.4 Å². The Hall–Kier alpha value is -2.88. The summed E-state index contributed by atoms with van der Waals surface area (Å²) in [5.41, 5.74) is 3.59. The van der Waals surface area contributed by atoms with Crippen LogP contribution in [0.5, 0.6) is 0 Å². The number of carbonyl (C=O) groups is 2. The third-order valence-electron chi connectivity index (χ3n) is 3.89. The van der Waals surface area contributed by atoms with Crippen molar-refractivity contribution in [2.45, 2.75) is 19.9 Å². The minimum atomic E-state index is -0.408. The number of amides is 2. The zero-order valence-electron chi connectivity index (χ0n) is 13.1. The second kappa shape index (κ2) is 6.08. The van der Waals surface area contributed by atoms with Crippen LogP contribution in [0.4, 0.5) is 4.79 Å². The van der Waals surface area contributed by atoms with E-state index in [2.05, 4.69) is 10.6 Å². The fraction of sp³-hybridized carbons (Fsp3) is 0.158. The Labute approximate surface area is 135 Å². The van der Waals surface area contributed by atoms with Crippen LogP contribution in [-0.2, 0) is 0 Å². The highest BCUT2D eigenvalue weighted by molar-refractivity contribution is 6.23. The number of nitrogens with one attached hydrogen (secondary N) is 2. The van der Waals surface area contributed by atoms with E-state index in [4.69, 9.17) is 0 Å². The van der Waals surface area contributed by atoms with E-state index in [0.717, 1.165) is 11.1 Å². The lowest BCUT2D eigenvalue weighted by molar-refractivity contribution is 0.103. The number of ketones is 1. The number of fused-ring (bicyclic) bond motifs is 2. The highest BCUT2D eigenvalue weighted by Crippen LogP contribution is 2.39. The van der Waals surface area contributed by atoms with E-state index in [9.17, 15) is 9.59 Å². The molecule has 2 amide bonds. The Kier molecular flexibility index (Phi) is 3.98. The molecule has 4 nitrogen and oxygen atoms in total. The van der Waals surface area contributed by atoms with Crippen LogP contribution < -0.4 is 10.6 Å². The van der Waals surface area contributed by atoms with E-state index < -0.39 is 6.04 Å². The van der Waals surface area contributed by atoms with Gasteiger partial charge >= 0.3 is 6.03 Å². The van der Waals surface area contributed by atoms with Crippen molar-refractivity contribution in [2.75, 3.05) is 0 Å². The number of urea groups is 1. The molecule has 0 saturated carbocycles. The van der Waals surface area contributed by atoms with Gasteiger partial charge in [-0.3, -0.25) is 4.79 Å². The standard InChI is InChI=1S/C17H12N2O2.C2H6/c20-16-12-9-5-4-8-11(12)15-13(16)14(18-17(21)19-15)10-6-2-1-3-7-10;1-2/h1-9,14H,(H2,18,19,21);1-2H3. The van der Waals surface area contributed by atoms with Crippen LogP contribution in [0.1, 0.15) is 41.4 Å². The smallest absolute Gasteiger partial charge is 0.320 e.